The van der Waals surface area contributed by atoms with Gasteiger partial charge in [-0.25, -0.2) is 0 Å². The summed E-state index contributed by atoms with van der Waals surface area (Å²) in [5.74, 6) is 1.02. The van der Waals surface area contributed by atoms with E-state index in [1.165, 1.54) is 5.56 Å². The number of aromatic nitrogens is 1. The smallest absolute Gasteiger partial charge is 0.187 e. The molecule has 1 fully saturated rings. The molecule has 1 aliphatic carbocycles. The molecule has 4 heteroatoms. The van der Waals surface area contributed by atoms with Crippen LogP contribution in [0.2, 0.25) is 0 Å². The Morgan fingerprint density at radius 2 is 2.38 bits per heavy atom. The van der Waals surface area contributed by atoms with Gasteiger partial charge in [0.15, 0.2) is 11.5 Å². The predicted octanol–water partition coefficient (Wildman–Crippen LogP) is 3.30. The molecule has 1 saturated carbocycles. The van der Waals surface area contributed by atoms with Crippen LogP contribution in [0.4, 0.5) is 0 Å². The standard InChI is InChI=1S/C12H11NO2S/c1-7-4-10(16-6-7)12-9(5-13-15-12)11(14)8-2-3-8/h4-6,8H,2-3H2,1H3. The van der Waals surface area contributed by atoms with Gasteiger partial charge in [-0.15, -0.1) is 11.3 Å². The van der Waals surface area contributed by atoms with Crippen molar-refractivity contribution in [3.8, 4) is 10.6 Å². The molecule has 0 aromatic carbocycles. The Kier molecular flexibility index (Phi) is 2.17. The van der Waals surface area contributed by atoms with Crippen molar-refractivity contribution >= 4 is 17.1 Å². The summed E-state index contributed by atoms with van der Waals surface area (Å²) >= 11 is 1.58. The van der Waals surface area contributed by atoms with Gasteiger partial charge in [0.1, 0.15) is 0 Å². The molecule has 0 atom stereocenters. The lowest BCUT2D eigenvalue weighted by atomic mass is 10.1. The fourth-order valence-corrected chi connectivity index (χ4v) is 2.60. The van der Waals surface area contributed by atoms with E-state index in [1.54, 1.807) is 17.5 Å². The van der Waals surface area contributed by atoms with Gasteiger partial charge in [0.25, 0.3) is 0 Å². The Labute approximate surface area is 97.1 Å². The highest BCUT2D eigenvalue weighted by atomic mass is 32.1. The van der Waals surface area contributed by atoms with E-state index < -0.39 is 0 Å². The van der Waals surface area contributed by atoms with Crippen LogP contribution in [0, 0.1) is 12.8 Å². The molecular formula is C12H11NO2S. The second kappa shape index (κ2) is 3.56. The highest BCUT2D eigenvalue weighted by molar-refractivity contribution is 7.13. The van der Waals surface area contributed by atoms with Gasteiger partial charge in [-0.1, -0.05) is 5.16 Å². The topological polar surface area (TPSA) is 43.1 Å². The number of thiophene rings is 1. The predicted molar refractivity (Wildman–Crippen MR) is 61.6 cm³/mol. The zero-order valence-electron chi connectivity index (χ0n) is 8.90. The summed E-state index contributed by atoms with van der Waals surface area (Å²) in [6.07, 6.45) is 3.56. The third kappa shape index (κ3) is 1.59. The van der Waals surface area contributed by atoms with E-state index >= 15 is 0 Å². The summed E-state index contributed by atoms with van der Waals surface area (Å²) in [4.78, 5) is 13.0. The molecule has 0 aliphatic heterocycles. The van der Waals surface area contributed by atoms with Crippen LogP contribution in [0.15, 0.2) is 22.2 Å². The molecule has 0 amide bonds. The van der Waals surface area contributed by atoms with Crippen molar-refractivity contribution in [3.63, 3.8) is 0 Å². The molecule has 2 aromatic rings. The average molecular weight is 233 g/mol. The summed E-state index contributed by atoms with van der Waals surface area (Å²) in [6, 6.07) is 2.02. The first-order valence-electron chi connectivity index (χ1n) is 5.30. The van der Waals surface area contributed by atoms with E-state index in [4.69, 9.17) is 4.52 Å². The first-order chi connectivity index (χ1) is 7.75. The molecule has 2 heterocycles. The van der Waals surface area contributed by atoms with E-state index in [-0.39, 0.29) is 11.7 Å². The van der Waals surface area contributed by atoms with E-state index in [0.717, 1.165) is 17.7 Å². The minimum Gasteiger partial charge on any atom is -0.355 e. The Hall–Kier alpha value is -1.42. The molecule has 82 valence electrons. The van der Waals surface area contributed by atoms with Crippen molar-refractivity contribution in [1.82, 2.24) is 5.16 Å². The quantitative estimate of drug-likeness (QED) is 0.764. The number of rotatable bonds is 3. The van der Waals surface area contributed by atoms with Gasteiger partial charge in [-0.05, 0) is 36.8 Å². The lowest BCUT2D eigenvalue weighted by molar-refractivity contribution is 0.0968. The van der Waals surface area contributed by atoms with Gasteiger partial charge in [-0.2, -0.15) is 0 Å². The van der Waals surface area contributed by atoms with Crippen molar-refractivity contribution in [3.05, 3.63) is 28.8 Å². The fraction of sp³-hybridized carbons (Fsp3) is 0.333. The van der Waals surface area contributed by atoms with Crippen LogP contribution in [0.1, 0.15) is 28.8 Å². The lowest BCUT2D eigenvalue weighted by Crippen LogP contribution is -2.00. The van der Waals surface area contributed by atoms with Gasteiger partial charge in [0, 0.05) is 5.92 Å². The van der Waals surface area contributed by atoms with Gasteiger partial charge in [0.2, 0.25) is 0 Å². The van der Waals surface area contributed by atoms with Crippen molar-refractivity contribution in [1.29, 1.82) is 0 Å². The summed E-state index contributed by atoms with van der Waals surface area (Å²) in [6.45, 7) is 2.03. The van der Waals surface area contributed by atoms with E-state index in [0.29, 0.717) is 11.3 Å². The van der Waals surface area contributed by atoms with Crippen molar-refractivity contribution in [2.75, 3.05) is 0 Å². The largest absolute Gasteiger partial charge is 0.355 e. The molecule has 1 aliphatic rings. The maximum Gasteiger partial charge on any atom is 0.187 e. The van der Waals surface area contributed by atoms with Crippen molar-refractivity contribution < 1.29 is 9.32 Å². The highest BCUT2D eigenvalue weighted by Gasteiger charge is 2.33. The number of ketones is 1. The van der Waals surface area contributed by atoms with Crippen molar-refractivity contribution in [2.45, 2.75) is 19.8 Å². The second-order valence-electron chi connectivity index (χ2n) is 4.20. The Morgan fingerprint density at radius 3 is 3.00 bits per heavy atom. The Bertz CT molecular complexity index is 537. The zero-order valence-corrected chi connectivity index (χ0v) is 9.71. The number of Topliss-reactive ketones (excluding diaryl/α,β-unsaturated/α-hetero) is 1. The number of hydrogen-bond donors (Lipinski definition) is 0. The first-order valence-corrected chi connectivity index (χ1v) is 6.18. The maximum absolute atomic E-state index is 12.0. The molecule has 3 rings (SSSR count). The number of aryl methyl sites for hydroxylation is 1. The van der Waals surface area contributed by atoms with Crippen molar-refractivity contribution in [2.24, 2.45) is 5.92 Å². The molecule has 0 unspecified atom stereocenters. The van der Waals surface area contributed by atoms with Crippen LogP contribution in [-0.4, -0.2) is 10.9 Å². The molecule has 0 bridgehead atoms. The number of carbonyl (C=O) groups excluding carboxylic acids is 1. The summed E-state index contributed by atoms with van der Waals surface area (Å²) < 4.78 is 5.20. The summed E-state index contributed by atoms with van der Waals surface area (Å²) in [5, 5.41) is 5.79. The number of carbonyl (C=O) groups is 1. The third-order valence-corrected chi connectivity index (χ3v) is 3.79. The SMILES string of the molecule is Cc1csc(-c2oncc2C(=O)C2CC2)c1. The van der Waals surface area contributed by atoms with Crippen LogP contribution < -0.4 is 0 Å². The minimum absolute atomic E-state index is 0.183. The molecule has 0 saturated heterocycles. The van der Waals surface area contributed by atoms with E-state index in [1.807, 2.05) is 18.4 Å². The fourth-order valence-electron chi connectivity index (χ4n) is 1.71. The molecule has 0 N–H and O–H groups in total. The van der Waals surface area contributed by atoms with Crippen LogP contribution in [-0.2, 0) is 0 Å². The number of nitrogens with zero attached hydrogens (tertiary/aromatic N) is 1. The highest BCUT2D eigenvalue weighted by Crippen LogP contribution is 2.37. The van der Waals surface area contributed by atoms with Gasteiger partial charge in [-0.3, -0.25) is 4.79 Å². The van der Waals surface area contributed by atoms with Gasteiger partial charge in [0.05, 0.1) is 16.6 Å². The van der Waals surface area contributed by atoms with Crippen LogP contribution >= 0.6 is 11.3 Å². The molecule has 3 nitrogen and oxygen atoms in total. The van der Waals surface area contributed by atoms with E-state index in [9.17, 15) is 4.79 Å². The zero-order chi connectivity index (χ0) is 11.1. The molecule has 16 heavy (non-hydrogen) atoms. The second-order valence-corrected chi connectivity index (χ2v) is 5.11. The molecular weight excluding hydrogens is 222 g/mol. The minimum atomic E-state index is 0.183. The Balaban J connectivity index is 2.01. The van der Waals surface area contributed by atoms with Gasteiger partial charge < -0.3 is 4.52 Å². The normalized spacial score (nSPS) is 15.3. The van der Waals surface area contributed by atoms with Gasteiger partial charge >= 0.3 is 0 Å². The van der Waals surface area contributed by atoms with Crippen LogP contribution in [0.25, 0.3) is 10.6 Å². The molecule has 0 spiro atoms. The van der Waals surface area contributed by atoms with Crippen LogP contribution in [0.3, 0.4) is 0 Å². The summed E-state index contributed by atoms with van der Waals surface area (Å²) in [7, 11) is 0. The Morgan fingerprint density at radius 1 is 1.56 bits per heavy atom. The van der Waals surface area contributed by atoms with E-state index in [2.05, 4.69) is 5.16 Å². The third-order valence-electron chi connectivity index (χ3n) is 2.74. The number of hydrogen-bond acceptors (Lipinski definition) is 4. The first kappa shape index (κ1) is 9.78. The maximum atomic E-state index is 12.0. The average Bonchev–Trinajstić information content (AvgIpc) is 2.84. The van der Waals surface area contributed by atoms with Crippen LogP contribution in [0.5, 0.6) is 0 Å². The monoisotopic (exact) mass is 233 g/mol. The summed E-state index contributed by atoms with van der Waals surface area (Å²) in [5.41, 5.74) is 1.82. The molecule has 0 radical (unpaired) electrons. The lowest BCUT2D eigenvalue weighted by Gasteiger charge is -1.95. The molecule has 2 aromatic heterocycles.